The molecule has 0 heterocycles. The molecule has 0 saturated heterocycles. The summed E-state index contributed by atoms with van der Waals surface area (Å²) in [4.78, 5) is 0. The molecule has 0 amide bonds. The Morgan fingerprint density at radius 2 is 1.94 bits per heavy atom. The normalized spacial score (nSPS) is 24.0. The zero-order valence-corrected chi connectivity index (χ0v) is 10.0. The maximum absolute atomic E-state index is 8.74. The Kier molecular flexibility index (Phi) is 4.00. The first-order valence-electron chi connectivity index (χ1n) is 6.30. The van der Waals surface area contributed by atoms with Gasteiger partial charge in [-0.05, 0) is 49.6 Å². The van der Waals surface area contributed by atoms with E-state index in [4.69, 9.17) is 11.0 Å². The van der Waals surface area contributed by atoms with E-state index in [1.54, 1.807) is 0 Å². The van der Waals surface area contributed by atoms with Crippen LogP contribution in [-0.2, 0) is 0 Å². The molecule has 1 aromatic carbocycles. The summed E-state index contributed by atoms with van der Waals surface area (Å²) in [5, 5.41) is 12.3. The van der Waals surface area contributed by atoms with Gasteiger partial charge in [-0.15, -0.1) is 0 Å². The lowest BCUT2D eigenvalue weighted by atomic mass is 9.84. The lowest BCUT2D eigenvalue weighted by Crippen LogP contribution is -2.36. The summed E-state index contributed by atoms with van der Waals surface area (Å²) >= 11 is 0. The topological polar surface area (TPSA) is 61.8 Å². The standard InChI is InChI=1S/C14H19N3/c15-9-11-5-7-13(8-6-11)17-14-4-2-1-3-12(14)10-16/h5-8,12,14,17H,1-4,10,16H2. The maximum atomic E-state index is 8.74. The minimum Gasteiger partial charge on any atom is -0.382 e. The van der Waals surface area contributed by atoms with Crippen LogP contribution in [0.15, 0.2) is 24.3 Å². The Bertz CT molecular complexity index is 391. The van der Waals surface area contributed by atoms with Gasteiger partial charge >= 0.3 is 0 Å². The molecule has 2 unspecified atom stereocenters. The smallest absolute Gasteiger partial charge is 0.0991 e. The number of nitrogens with one attached hydrogen (secondary N) is 1. The fraction of sp³-hybridized carbons (Fsp3) is 0.500. The number of nitrogens with two attached hydrogens (primary N) is 1. The van der Waals surface area contributed by atoms with Crippen LogP contribution >= 0.6 is 0 Å². The van der Waals surface area contributed by atoms with Gasteiger partial charge in [-0.3, -0.25) is 0 Å². The third-order valence-corrected chi connectivity index (χ3v) is 3.58. The van der Waals surface area contributed by atoms with E-state index in [9.17, 15) is 0 Å². The molecule has 3 heteroatoms. The summed E-state index contributed by atoms with van der Waals surface area (Å²) in [6.07, 6.45) is 5.00. The number of hydrogen-bond donors (Lipinski definition) is 2. The third-order valence-electron chi connectivity index (χ3n) is 3.58. The van der Waals surface area contributed by atoms with Crippen LogP contribution in [0.2, 0.25) is 0 Å². The molecule has 3 nitrogen and oxygen atoms in total. The lowest BCUT2D eigenvalue weighted by Gasteiger charge is -2.32. The molecule has 1 aromatic rings. The van der Waals surface area contributed by atoms with Crippen molar-refractivity contribution in [2.24, 2.45) is 11.7 Å². The van der Waals surface area contributed by atoms with Crippen molar-refractivity contribution in [1.82, 2.24) is 0 Å². The number of rotatable bonds is 3. The summed E-state index contributed by atoms with van der Waals surface area (Å²) in [5.41, 5.74) is 7.61. The molecule has 0 bridgehead atoms. The van der Waals surface area contributed by atoms with Crippen molar-refractivity contribution in [3.63, 3.8) is 0 Å². The van der Waals surface area contributed by atoms with Crippen LogP contribution in [0, 0.1) is 17.2 Å². The molecule has 1 aliphatic rings. The summed E-state index contributed by atoms with van der Waals surface area (Å²) in [5.74, 6) is 0.583. The summed E-state index contributed by atoms with van der Waals surface area (Å²) in [7, 11) is 0. The highest BCUT2D eigenvalue weighted by Crippen LogP contribution is 2.26. The molecule has 1 saturated carbocycles. The number of anilines is 1. The van der Waals surface area contributed by atoms with Crippen LogP contribution in [0.4, 0.5) is 5.69 Å². The highest BCUT2D eigenvalue weighted by atomic mass is 14.9. The SMILES string of the molecule is N#Cc1ccc(NC2CCCCC2CN)cc1. The Labute approximate surface area is 103 Å². The van der Waals surface area contributed by atoms with E-state index < -0.39 is 0 Å². The number of nitriles is 1. The van der Waals surface area contributed by atoms with Gasteiger partial charge in [0, 0.05) is 11.7 Å². The molecular weight excluding hydrogens is 210 g/mol. The molecule has 0 aromatic heterocycles. The molecule has 1 fully saturated rings. The van der Waals surface area contributed by atoms with E-state index in [1.807, 2.05) is 24.3 Å². The van der Waals surface area contributed by atoms with Crippen molar-refractivity contribution in [1.29, 1.82) is 5.26 Å². The number of hydrogen-bond acceptors (Lipinski definition) is 3. The average molecular weight is 229 g/mol. The van der Waals surface area contributed by atoms with Crippen molar-refractivity contribution in [3.05, 3.63) is 29.8 Å². The number of nitrogens with zero attached hydrogens (tertiary/aromatic N) is 1. The van der Waals surface area contributed by atoms with Crippen molar-refractivity contribution in [3.8, 4) is 6.07 Å². The van der Waals surface area contributed by atoms with Gasteiger partial charge in [0.2, 0.25) is 0 Å². The summed E-state index contributed by atoms with van der Waals surface area (Å²) in [6, 6.07) is 10.3. The molecule has 3 N–H and O–H groups in total. The molecule has 0 spiro atoms. The quantitative estimate of drug-likeness (QED) is 0.837. The molecule has 2 atom stereocenters. The molecule has 1 aliphatic carbocycles. The highest BCUT2D eigenvalue weighted by Gasteiger charge is 2.23. The second-order valence-corrected chi connectivity index (χ2v) is 4.72. The van der Waals surface area contributed by atoms with E-state index in [2.05, 4.69) is 11.4 Å². The van der Waals surface area contributed by atoms with Gasteiger partial charge in [-0.2, -0.15) is 5.26 Å². The largest absolute Gasteiger partial charge is 0.382 e. The van der Waals surface area contributed by atoms with Gasteiger partial charge in [-0.25, -0.2) is 0 Å². The van der Waals surface area contributed by atoms with Gasteiger partial charge in [0.25, 0.3) is 0 Å². The van der Waals surface area contributed by atoms with E-state index in [-0.39, 0.29) is 0 Å². The molecule has 2 rings (SSSR count). The highest BCUT2D eigenvalue weighted by molar-refractivity contribution is 5.48. The number of benzene rings is 1. The van der Waals surface area contributed by atoms with Crippen LogP contribution in [0.25, 0.3) is 0 Å². The zero-order chi connectivity index (χ0) is 12.1. The molecule has 0 radical (unpaired) electrons. The monoisotopic (exact) mass is 229 g/mol. The predicted octanol–water partition coefficient (Wildman–Crippen LogP) is 2.49. The first-order valence-corrected chi connectivity index (χ1v) is 6.30. The van der Waals surface area contributed by atoms with Crippen molar-refractivity contribution in [2.45, 2.75) is 31.7 Å². The van der Waals surface area contributed by atoms with Gasteiger partial charge in [0.1, 0.15) is 0 Å². The second kappa shape index (κ2) is 5.70. The fourth-order valence-corrected chi connectivity index (χ4v) is 2.53. The Morgan fingerprint density at radius 3 is 2.59 bits per heavy atom. The van der Waals surface area contributed by atoms with Crippen molar-refractivity contribution in [2.75, 3.05) is 11.9 Å². The predicted molar refractivity (Wildman–Crippen MR) is 69.6 cm³/mol. The van der Waals surface area contributed by atoms with Gasteiger partial charge in [-0.1, -0.05) is 12.8 Å². The van der Waals surface area contributed by atoms with Crippen LogP contribution < -0.4 is 11.1 Å². The van der Waals surface area contributed by atoms with Crippen LogP contribution in [0.1, 0.15) is 31.2 Å². The third kappa shape index (κ3) is 2.98. The van der Waals surface area contributed by atoms with Crippen molar-refractivity contribution < 1.29 is 0 Å². The van der Waals surface area contributed by atoms with E-state index in [0.29, 0.717) is 17.5 Å². The Hall–Kier alpha value is -1.53. The Balaban J connectivity index is 2.01. The lowest BCUT2D eigenvalue weighted by molar-refractivity contribution is 0.332. The van der Waals surface area contributed by atoms with E-state index >= 15 is 0 Å². The average Bonchev–Trinajstić information content (AvgIpc) is 2.40. The Morgan fingerprint density at radius 1 is 1.24 bits per heavy atom. The van der Waals surface area contributed by atoms with Gasteiger partial charge in [0.15, 0.2) is 0 Å². The van der Waals surface area contributed by atoms with E-state index in [0.717, 1.165) is 12.2 Å². The van der Waals surface area contributed by atoms with Crippen LogP contribution in [0.5, 0.6) is 0 Å². The molecule has 90 valence electrons. The fourth-order valence-electron chi connectivity index (χ4n) is 2.53. The minimum absolute atomic E-state index is 0.488. The summed E-state index contributed by atoms with van der Waals surface area (Å²) < 4.78 is 0. The zero-order valence-electron chi connectivity index (χ0n) is 10.0. The summed E-state index contributed by atoms with van der Waals surface area (Å²) in [6.45, 7) is 0.758. The molecule has 17 heavy (non-hydrogen) atoms. The van der Waals surface area contributed by atoms with Gasteiger partial charge in [0.05, 0.1) is 11.6 Å². The maximum Gasteiger partial charge on any atom is 0.0991 e. The first-order chi connectivity index (χ1) is 8.33. The molecular formula is C14H19N3. The van der Waals surface area contributed by atoms with Gasteiger partial charge < -0.3 is 11.1 Å². The first kappa shape index (κ1) is 11.9. The second-order valence-electron chi connectivity index (χ2n) is 4.72. The molecule has 0 aliphatic heterocycles. The minimum atomic E-state index is 0.488. The van der Waals surface area contributed by atoms with Crippen molar-refractivity contribution >= 4 is 5.69 Å². The van der Waals surface area contributed by atoms with Crippen LogP contribution in [-0.4, -0.2) is 12.6 Å². The van der Waals surface area contributed by atoms with E-state index in [1.165, 1.54) is 25.7 Å². The van der Waals surface area contributed by atoms with Crippen LogP contribution in [0.3, 0.4) is 0 Å².